The Morgan fingerprint density at radius 3 is 2.04 bits per heavy atom. The fourth-order valence-electron chi connectivity index (χ4n) is 1.99. The molecular formula is C16H17O6P. The smallest absolute Gasteiger partial charge is 0.358 e. The van der Waals surface area contributed by atoms with E-state index in [1.807, 2.05) is 0 Å². The van der Waals surface area contributed by atoms with Crippen molar-refractivity contribution in [3.8, 4) is 5.75 Å². The van der Waals surface area contributed by atoms with Gasteiger partial charge in [-0.3, -0.25) is 9.36 Å². The van der Waals surface area contributed by atoms with Gasteiger partial charge in [-0.25, -0.2) is 0 Å². The second-order valence-electron chi connectivity index (χ2n) is 4.61. The maximum atomic E-state index is 12.3. The molecule has 2 aromatic rings. The summed E-state index contributed by atoms with van der Waals surface area (Å²) in [6, 6.07) is 12.1. The predicted molar refractivity (Wildman–Crippen MR) is 85.1 cm³/mol. The summed E-state index contributed by atoms with van der Waals surface area (Å²) >= 11 is 0. The van der Waals surface area contributed by atoms with Gasteiger partial charge in [0.1, 0.15) is 5.75 Å². The molecule has 0 bridgehead atoms. The fraction of sp³-hybridized carbons (Fsp3) is 0.188. The summed E-state index contributed by atoms with van der Waals surface area (Å²) in [7, 11) is -3.83. The first-order chi connectivity index (χ1) is 11.0. The normalized spacial score (nSPS) is 13.3. The van der Waals surface area contributed by atoms with E-state index in [9.17, 15) is 14.3 Å². The average Bonchev–Trinajstić information content (AvgIpc) is 2.55. The first-order valence-corrected chi connectivity index (χ1v) is 8.52. The van der Waals surface area contributed by atoms with Crippen LogP contribution in [0.2, 0.25) is 0 Å². The van der Waals surface area contributed by atoms with Crippen molar-refractivity contribution in [1.29, 1.82) is 0 Å². The lowest BCUT2D eigenvalue weighted by atomic mass is 10.0. The number of carbonyl (C=O) groups excluding carboxylic acids is 1. The molecule has 0 aliphatic carbocycles. The quantitative estimate of drug-likeness (QED) is 0.457. The van der Waals surface area contributed by atoms with Crippen molar-refractivity contribution in [2.45, 2.75) is 6.92 Å². The lowest BCUT2D eigenvalue weighted by Crippen LogP contribution is -2.09. The highest BCUT2D eigenvalue weighted by Crippen LogP contribution is 2.40. The Hall–Kier alpha value is -1.98. The van der Waals surface area contributed by atoms with Gasteiger partial charge in [-0.05, 0) is 43.3 Å². The van der Waals surface area contributed by atoms with Crippen LogP contribution in [0.1, 0.15) is 22.8 Å². The summed E-state index contributed by atoms with van der Waals surface area (Å²) in [6.45, 7) is 1.32. The largest absolute Gasteiger partial charge is 0.468 e. The zero-order valence-electron chi connectivity index (χ0n) is 12.5. The van der Waals surface area contributed by atoms with Crippen LogP contribution >= 0.6 is 7.60 Å². The highest BCUT2D eigenvalue weighted by Gasteiger charge is 2.22. The molecule has 0 aliphatic rings. The number of benzene rings is 2. The zero-order chi connectivity index (χ0) is 16.9. The third-order valence-corrected chi connectivity index (χ3v) is 4.67. The Balaban J connectivity index is 2.18. The van der Waals surface area contributed by atoms with E-state index in [0.717, 1.165) is 0 Å². The standard InChI is InChI=1S/C16H17O6P/c1-2-22-23(19,20)15-9-5-13(6-10-15)16(18)12-3-7-14(8-4-12)21-11-17/h3-10,17H,2,11H2,1H3,(H,19,20). The van der Waals surface area contributed by atoms with Crippen LogP contribution in [0.4, 0.5) is 0 Å². The van der Waals surface area contributed by atoms with Crippen molar-refractivity contribution in [3.63, 3.8) is 0 Å². The van der Waals surface area contributed by atoms with Crippen molar-refractivity contribution in [2.75, 3.05) is 13.4 Å². The number of hydrogen-bond acceptors (Lipinski definition) is 5. The number of aliphatic hydroxyl groups is 1. The Morgan fingerprint density at radius 2 is 1.57 bits per heavy atom. The van der Waals surface area contributed by atoms with Gasteiger partial charge in [0.05, 0.1) is 11.9 Å². The Bertz CT molecular complexity index is 708. The van der Waals surface area contributed by atoms with Gasteiger partial charge in [-0.15, -0.1) is 0 Å². The van der Waals surface area contributed by atoms with Gasteiger partial charge >= 0.3 is 7.60 Å². The van der Waals surface area contributed by atoms with Crippen LogP contribution in [0.25, 0.3) is 0 Å². The van der Waals surface area contributed by atoms with Crippen LogP contribution < -0.4 is 10.0 Å². The minimum absolute atomic E-state index is 0.122. The molecule has 0 heterocycles. The summed E-state index contributed by atoms with van der Waals surface area (Å²) in [6.07, 6.45) is 0. The molecule has 0 saturated carbocycles. The third kappa shape index (κ3) is 4.27. The molecule has 0 radical (unpaired) electrons. The highest BCUT2D eigenvalue weighted by atomic mass is 31.2. The number of aliphatic hydroxyl groups excluding tert-OH is 1. The summed E-state index contributed by atoms with van der Waals surface area (Å²) in [5, 5.41) is 8.80. The molecule has 0 amide bonds. The molecule has 6 nitrogen and oxygen atoms in total. The van der Waals surface area contributed by atoms with Crippen molar-refractivity contribution in [3.05, 3.63) is 59.7 Å². The lowest BCUT2D eigenvalue weighted by Gasteiger charge is -2.11. The van der Waals surface area contributed by atoms with Gasteiger partial charge in [-0.1, -0.05) is 12.1 Å². The number of hydrogen-bond donors (Lipinski definition) is 2. The van der Waals surface area contributed by atoms with E-state index >= 15 is 0 Å². The first kappa shape index (κ1) is 17.4. The van der Waals surface area contributed by atoms with Gasteiger partial charge in [0.25, 0.3) is 0 Å². The van der Waals surface area contributed by atoms with Crippen LogP contribution in [-0.4, -0.2) is 29.2 Å². The van der Waals surface area contributed by atoms with Gasteiger partial charge in [0, 0.05) is 11.1 Å². The first-order valence-electron chi connectivity index (χ1n) is 6.94. The van der Waals surface area contributed by atoms with Gasteiger partial charge in [0.2, 0.25) is 0 Å². The van der Waals surface area contributed by atoms with Crippen LogP contribution in [0.5, 0.6) is 5.75 Å². The molecule has 122 valence electrons. The van der Waals surface area contributed by atoms with Crippen molar-refractivity contribution in [1.82, 2.24) is 0 Å². The van der Waals surface area contributed by atoms with E-state index in [0.29, 0.717) is 16.9 Å². The van der Waals surface area contributed by atoms with E-state index < -0.39 is 14.4 Å². The highest BCUT2D eigenvalue weighted by molar-refractivity contribution is 7.61. The topological polar surface area (TPSA) is 93.1 Å². The van der Waals surface area contributed by atoms with Crippen LogP contribution in [0.3, 0.4) is 0 Å². The molecule has 2 aromatic carbocycles. The summed E-state index contributed by atoms with van der Waals surface area (Å²) in [4.78, 5) is 22.1. The minimum Gasteiger partial charge on any atom is -0.468 e. The van der Waals surface area contributed by atoms with Crippen LogP contribution in [0, 0.1) is 0 Å². The van der Waals surface area contributed by atoms with Gasteiger partial charge in [-0.2, -0.15) is 0 Å². The summed E-state index contributed by atoms with van der Waals surface area (Å²) < 4.78 is 21.6. The summed E-state index contributed by atoms with van der Waals surface area (Å²) in [5.41, 5.74) is 0.834. The van der Waals surface area contributed by atoms with E-state index in [4.69, 9.17) is 14.4 Å². The van der Waals surface area contributed by atoms with Gasteiger partial charge in [0.15, 0.2) is 12.6 Å². The molecule has 2 N–H and O–H groups in total. The second kappa shape index (κ2) is 7.53. The molecule has 2 rings (SSSR count). The molecule has 0 aliphatic heterocycles. The van der Waals surface area contributed by atoms with E-state index in [1.54, 1.807) is 31.2 Å². The lowest BCUT2D eigenvalue weighted by molar-refractivity contribution is 0.0985. The Morgan fingerprint density at radius 1 is 1.04 bits per heavy atom. The fourth-order valence-corrected chi connectivity index (χ4v) is 3.02. The van der Waals surface area contributed by atoms with Gasteiger partial charge < -0.3 is 19.3 Å². The van der Waals surface area contributed by atoms with Crippen LogP contribution in [-0.2, 0) is 9.09 Å². The zero-order valence-corrected chi connectivity index (χ0v) is 13.4. The molecule has 1 unspecified atom stereocenters. The molecule has 0 fully saturated rings. The number of ether oxygens (including phenoxy) is 1. The molecule has 1 atom stereocenters. The molecular weight excluding hydrogens is 319 g/mol. The Kier molecular flexibility index (Phi) is 5.69. The SMILES string of the molecule is CCOP(=O)(O)c1ccc(C(=O)c2ccc(OCO)cc2)cc1. The number of rotatable bonds is 7. The summed E-state index contributed by atoms with van der Waals surface area (Å²) in [5.74, 6) is 0.230. The van der Waals surface area contributed by atoms with Crippen molar-refractivity contribution >= 4 is 18.7 Å². The Labute approximate surface area is 133 Å². The van der Waals surface area contributed by atoms with E-state index in [1.165, 1.54) is 24.3 Å². The minimum atomic E-state index is -3.83. The second-order valence-corrected chi connectivity index (χ2v) is 6.43. The predicted octanol–water partition coefficient (Wildman–Crippen LogP) is 2.09. The number of carbonyl (C=O) groups is 1. The average molecular weight is 336 g/mol. The maximum Gasteiger partial charge on any atom is 0.358 e. The van der Waals surface area contributed by atoms with Crippen LogP contribution in [0.15, 0.2) is 48.5 Å². The van der Waals surface area contributed by atoms with E-state index in [-0.39, 0.29) is 17.7 Å². The van der Waals surface area contributed by atoms with Crippen molar-refractivity contribution < 1.29 is 28.6 Å². The molecule has 0 aromatic heterocycles. The molecule has 7 heteroatoms. The molecule has 0 spiro atoms. The maximum absolute atomic E-state index is 12.3. The monoisotopic (exact) mass is 336 g/mol. The van der Waals surface area contributed by atoms with Crippen molar-refractivity contribution in [2.24, 2.45) is 0 Å². The molecule has 0 saturated heterocycles. The van der Waals surface area contributed by atoms with E-state index in [2.05, 4.69) is 0 Å². The third-order valence-electron chi connectivity index (χ3n) is 3.11. The number of ketones is 1. The molecule has 23 heavy (non-hydrogen) atoms.